The summed E-state index contributed by atoms with van der Waals surface area (Å²) in [5, 5.41) is 2.26. The fourth-order valence-corrected chi connectivity index (χ4v) is 1.45. The molecule has 1 aromatic carbocycles. The van der Waals surface area contributed by atoms with Crippen molar-refractivity contribution in [3.63, 3.8) is 0 Å². The zero-order chi connectivity index (χ0) is 13.2. The van der Waals surface area contributed by atoms with E-state index in [4.69, 9.17) is 5.73 Å². The van der Waals surface area contributed by atoms with E-state index in [9.17, 15) is 13.6 Å². The zero-order valence-electron chi connectivity index (χ0n) is 9.43. The summed E-state index contributed by atoms with van der Waals surface area (Å²) in [5.41, 5.74) is 5.37. The molecule has 0 unspecified atom stereocenters. The highest BCUT2D eigenvalue weighted by Gasteiger charge is 2.19. The van der Waals surface area contributed by atoms with Crippen LogP contribution in [0.2, 0.25) is 0 Å². The van der Waals surface area contributed by atoms with Crippen LogP contribution in [0.1, 0.15) is 13.8 Å². The summed E-state index contributed by atoms with van der Waals surface area (Å²) in [6.07, 6.45) is 0. The number of benzene rings is 1. The lowest BCUT2D eigenvalue weighted by Gasteiger charge is -2.15. The van der Waals surface area contributed by atoms with Crippen molar-refractivity contribution in [2.24, 2.45) is 11.7 Å². The molecular weight excluding hydrogens is 294 g/mol. The number of rotatable bonds is 3. The van der Waals surface area contributed by atoms with Gasteiger partial charge in [-0.3, -0.25) is 4.79 Å². The minimum Gasteiger partial charge on any atom is -0.322 e. The van der Waals surface area contributed by atoms with Crippen molar-refractivity contribution in [2.45, 2.75) is 19.9 Å². The van der Waals surface area contributed by atoms with Crippen LogP contribution >= 0.6 is 15.9 Å². The van der Waals surface area contributed by atoms with E-state index in [2.05, 4.69) is 21.2 Å². The quantitative estimate of drug-likeness (QED) is 0.844. The third kappa shape index (κ3) is 3.47. The molecule has 1 aromatic rings. The Bertz CT molecular complexity index is 438. The Morgan fingerprint density at radius 2 is 1.94 bits per heavy atom. The van der Waals surface area contributed by atoms with Crippen LogP contribution in [0, 0.1) is 17.6 Å². The van der Waals surface area contributed by atoms with Gasteiger partial charge in [-0.15, -0.1) is 0 Å². The maximum atomic E-state index is 13.4. The highest BCUT2D eigenvalue weighted by molar-refractivity contribution is 9.10. The molecule has 1 amide bonds. The lowest BCUT2D eigenvalue weighted by molar-refractivity contribution is -0.118. The molecule has 0 saturated carbocycles. The van der Waals surface area contributed by atoms with Gasteiger partial charge in [0.1, 0.15) is 11.6 Å². The van der Waals surface area contributed by atoms with Crippen molar-refractivity contribution in [1.82, 2.24) is 0 Å². The van der Waals surface area contributed by atoms with Crippen LogP contribution < -0.4 is 11.1 Å². The average Bonchev–Trinajstić information content (AvgIpc) is 2.24. The second-order valence-corrected chi connectivity index (χ2v) is 4.86. The number of nitrogens with two attached hydrogens (primary N) is 1. The molecule has 1 rings (SSSR count). The standard InChI is InChI=1S/C11H13BrF2N2O/c1-5(2)10(15)11(17)16-9-4-7(13)6(12)3-8(9)14/h3-5,10H,15H2,1-2H3,(H,16,17)/t10-/m1/s1. The summed E-state index contributed by atoms with van der Waals surface area (Å²) in [4.78, 5) is 11.6. The van der Waals surface area contributed by atoms with Crippen LogP contribution in [-0.4, -0.2) is 11.9 Å². The van der Waals surface area contributed by atoms with E-state index in [1.165, 1.54) is 0 Å². The summed E-state index contributed by atoms with van der Waals surface area (Å²) in [5.74, 6) is -2.00. The Labute approximate surface area is 107 Å². The predicted molar refractivity (Wildman–Crippen MR) is 65.5 cm³/mol. The van der Waals surface area contributed by atoms with Crippen LogP contribution in [0.5, 0.6) is 0 Å². The molecule has 94 valence electrons. The van der Waals surface area contributed by atoms with E-state index in [-0.39, 0.29) is 16.1 Å². The molecule has 0 spiro atoms. The second-order valence-electron chi connectivity index (χ2n) is 4.01. The molecule has 0 aliphatic heterocycles. The summed E-state index contributed by atoms with van der Waals surface area (Å²) in [6, 6.07) is 1.09. The van der Waals surface area contributed by atoms with Crippen molar-refractivity contribution in [3.05, 3.63) is 28.2 Å². The van der Waals surface area contributed by atoms with Gasteiger partial charge < -0.3 is 11.1 Å². The normalized spacial score (nSPS) is 12.6. The van der Waals surface area contributed by atoms with Crippen molar-refractivity contribution < 1.29 is 13.6 Å². The Hall–Kier alpha value is -1.01. The molecule has 3 nitrogen and oxygen atoms in total. The van der Waals surface area contributed by atoms with Crippen molar-refractivity contribution in [3.8, 4) is 0 Å². The van der Waals surface area contributed by atoms with Crippen LogP contribution in [0.25, 0.3) is 0 Å². The van der Waals surface area contributed by atoms with Gasteiger partial charge in [-0.2, -0.15) is 0 Å². The molecule has 0 aliphatic carbocycles. The minimum absolute atomic E-state index is 0.00107. The van der Waals surface area contributed by atoms with Crippen molar-refractivity contribution in [1.29, 1.82) is 0 Å². The van der Waals surface area contributed by atoms with Gasteiger partial charge in [-0.25, -0.2) is 8.78 Å². The van der Waals surface area contributed by atoms with Crippen LogP contribution in [0.3, 0.4) is 0 Å². The van der Waals surface area contributed by atoms with E-state index in [0.29, 0.717) is 0 Å². The summed E-state index contributed by atoms with van der Waals surface area (Å²) in [7, 11) is 0. The number of carbonyl (C=O) groups excluding carboxylic acids is 1. The molecular formula is C11H13BrF2N2O. The van der Waals surface area contributed by atoms with Gasteiger partial charge in [-0.1, -0.05) is 13.8 Å². The number of nitrogens with one attached hydrogen (secondary N) is 1. The number of amides is 1. The number of hydrogen-bond acceptors (Lipinski definition) is 2. The maximum absolute atomic E-state index is 13.4. The molecule has 17 heavy (non-hydrogen) atoms. The molecule has 0 saturated heterocycles. The first kappa shape index (κ1) is 14.1. The highest BCUT2D eigenvalue weighted by atomic mass is 79.9. The predicted octanol–water partition coefficient (Wildman–Crippen LogP) is 2.65. The van der Waals surface area contributed by atoms with Gasteiger partial charge in [0, 0.05) is 6.07 Å². The van der Waals surface area contributed by atoms with Crippen molar-refractivity contribution in [2.75, 3.05) is 5.32 Å². The van der Waals surface area contributed by atoms with Crippen LogP contribution in [0.15, 0.2) is 16.6 Å². The first-order chi connectivity index (χ1) is 7.82. The Balaban J connectivity index is 2.89. The van der Waals surface area contributed by atoms with Crippen LogP contribution in [0.4, 0.5) is 14.5 Å². The first-order valence-electron chi connectivity index (χ1n) is 5.04. The van der Waals surface area contributed by atoms with Crippen LogP contribution in [-0.2, 0) is 4.79 Å². The SMILES string of the molecule is CC(C)[C@@H](N)C(=O)Nc1cc(F)c(Br)cc1F. The zero-order valence-corrected chi connectivity index (χ0v) is 11.0. The lowest BCUT2D eigenvalue weighted by Crippen LogP contribution is -2.39. The highest BCUT2D eigenvalue weighted by Crippen LogP contribution is 2.23. The fourth-order valence-electron chi connectivity index (χ4n) is 1.14. The molecule has 0 heterocycles. The molecule has 3 N–H and O–H groups in total. The van der Waals surface area contributed by atoms with E-state index in [1.807, 2.05) is 0 Å². The number of anilines is 1. The van der Waals surface area contributed by atoms with Gasteiger partial charge in [0.25, 0.3) is 0 Å². The van der Waals surface area contributed by atoms with E-state index in [0.717, 1.165) is 12.1 Å². The molecule has 1 atom stereocenters. The van der Waals surface area contributed by atoms with E-state index >= 15 is 0 Å². The lowest BCUT2D eigenvalue weighted by atomic mass is 10.0. The largest absolute Gasteiger partial charge is 0.322 e. The number of carbonyl (C=O) groups is 1. The molecule has 0 bridgehead atoms. The van der Waals surface area contributed by atoms with Gasteiger partial charge in [0.15, 0.2) is 0 Å². The Morgan fingerprint density at radius 1 is 1.35 bits per heavy atom. The monoisotopic (exact) mass is 306 g/mol. The maximum Gasteiger partial charge on any atom is 0.241 e. The molecule has 0 aromatic heterocycles. The molecule has 0 radical (unpaired) electrons. The fraction of sp³-hybridized carbons (Fsp3) is 0.364. The topological polar surface area (TPSA) is 55.1 Å². The Kier molecular flexibility index (Phi) is 4.59. The summed E-state index contributed by atoms with van der Waals surface area (Å²) < 4.78 is 26.6. The van der Waals surface area contributed by atoms with Gasteiger partial charge in [-0.05, 0) is 27.9 Å². The van der Waals surface area contributed by atoms with Gasteiger partial charge in [0.2, 0.25) is 5.91 Å². The summed E-state index contributed by atoms with van der Waals surface area (Å²) >= 11 is 2.85. The molecule has 6 heteroatoms. The first-order valence-corrected chi connectivity index (χ1v) is 5.83. The van der Waals surface area contributed by atoms with Gasteiger partial charge in [0.05, 0.1) is 16.2 Å². The number of halogens is 3. The number of hydrogen-bond donors (Lipinski definition) is 2. The molecule has 0 aliphatic rings. The van der Waals surface area contributed by atoms with E-state index < -0.39 is 23.6 Å². The average molecular weight is 307 g/mol. The van der Waals surface area contributed by atoms with Crippen molar-refractivity contribution >= 4 is 27.5 Å². The van der Waals surface area contributed by atoms with Gasteiger partial charge >= 0.3 is 0 Å². The third-order valence-electron chi connectivity index (χ3n) is 2.29. The molecule has 0 fully saturated rings. The smallest absolute Gasteiger partial charge is 0.241 e. The second kappa shape index (κ2) is 5.55. The Morgan fingerprint density at radius 3 is 2.47 bits per heavy atom. The third-order valence-corrected chi connectivity index (χ3v) is 2.90. The minimum atomic E-state index is -0.763. The summed E-state index contributed by atoms with van der Waals surface area (Å²) in [6.45, 7) is 3.53. The van der Waals surface area contributed by atoms with E-state index in [1.54, 1.807) is 13.8 Å².